The minimum Gasteiger partial charge on any atom is -0.491 e. The molecule has 3 aromatic rings. The summed E-state index contributed by atoms with van der Waals surface area (Å²) in [4.78, 5) is 18.4. The van der Waals surface area contributed by atoms with Crippen LogP contribution in [0.5, 0.6) is 5.75 Å². The quantitative estimate of drug-likeness (QED) is 0.548. The van der Waals surface area contributed by atoms with Gasteiger partial charge in [-0.3, -0.25) is 9.78 Å². The summed E-state index contributed by atoms with van der Waals surface area (Å²) in [6.45, 7) is 3.97. The van der Waals surface area contributed by atoms with E-state index in [9.17, 15) is 4.79 Å². The fraction of sp³-hybridized carbons (Fsp3) is 0.200. The molecule has 3 rings (SSSR count). The molecule has 4 nitrogen and oxygen atoms in total. The van der Waals surface area contributed by atoms with Crippen molar-refractivity contribution in [3.63, 3.8) is 0 Å². The normalized spacial score (nSPS) is 10.7. The van der Waals surface area contributed by atoms with Gasteiger partial charge in [0.25, 0.3) is 5.91 Å². The zero-order valence-corrected chi connectivity index (χ0v) is 16.3. The summed E-state index contributed by atoms with van der Waals surface area (Å²) >= 11 is 3.11. The highest BCUT2D eigenvalue weighted by Crippen LogP contribution is 2.31. The van der Waals surface area contributed by atoms with Gasteiger partial charge in [0.2, 0.25) is 0 Å². The number of rotatable bonds is 7. The maximum atomic E-state index is 12.6. The molecule has 6 heteroatoms. The molecule has 0 aliphatic carbocycles. The van der Waals surface area contributed by atoms with Crippen LogP contribution < -0.4 is 10.1 Å². The van der Waals surface area contributed by atoms with Gasteiger partial charge in [-0.1, -0.05) is 0 Å². The highest BCUT2D eigenvalue weighted by Gasteiger charge is 2.14. The van der Waals surface area contributed by atoms with Gasteiger partial charge in [0.15, 0.2) is 0 Å². The number of thiophene rings is 1. The number of carbonyl (C=O) groups is 1. The third-order valence-corrected chi connectivity index (χ3v) is 5.63. The lowest BCUT2D eigenvalue weighted by Gasteiger charge is -2.10. The minimum atomic E-state index is -0.0882. The van der Waals surface area contributed by atoms with Gasteiger partial charge < -0.3 is 10.1 Å². The van der Waals surface area contributed by atoms with E-state index in [0.29, 0.717) is 0 Å². The van der Waals surface area contributed by atoms with Gasteiger partial charge >= 0.3 is 0 Å². The summed E-state index contributed by atoms with van der Waals surface area (Å²) in [5, 5.41) is 4.90. The fourth-order valence-corrected chi connectivity index (χ4v) is 4.29. The maximum Gasteiger partial charge on any atom is 0.266 e. The number of nitrogens with zero attached hydrogens (tertiary/aromatic N) is 1. The molecule has 1 aromatic carbocycles. The smallest absolute Gasteiger partial charge is 0.266 e. The number of thioether (sulfide) groups is 1. The number of amides is 1. The summed E-state index contributed by atoms with van der Waals surface area (Å²) < 4.78 is 5.62. The number of anilines is 1. The Morgan fingerprint density at radius 3 is 2.58 bits per heavy atom. The Bertz CT molecular complexity index is 846. The summed E-state index contributed by atoms with van der Waals surface area (Å²) in [7, 11) is 0. The standard InChI is InChI=1S/C20H20N2O2S2/c1-14(2)24-17-5-3-16(4-6-17)22-20(23)19-18(9-12-25-19)26-13-15-7-10-21-11-8-15/h3-12,14H,13H2,1-2H3,(H,22,23). The van der Waals surface area contributed by atoms with Crippen molar-refractivity contribution in [1.29, 1.82) is 0 Å². The van der Waals surface area contributed by atoms with Crippen molar-refractivity contribution in [2.45, 2.75) is 30.6 Å². The van der Waals surface area contributed by atoms with Crippen LogP contribution >= 0.6 is 23.1 Å². The number of aromatic nitrogens is 1. The topological polar surface area (TPSA) is 51.2 Å². The van der Waals surface area contributed by atoms with Gasteiger partial charge in [0.1, 0.15) is 10.6 Å². The number of carbonyl (C=O) groups excluding carboxylic acids is 1. The number of pyridine rings is 1. The van der Waals surface area contributed by atoms with E-state index in [1.165, 1.54) is 16.9 Å². The van der Waals surface area contributed by atoms with E-state index in [2.05, 4.69) is 10.3 Å². The van der Waals surface area contributed by atoms with Crippen LogP contribution in [0.15, 0.2) is 65.1 Å². The van der Waals surface area contributed by atoms with E-state index in [-0.39, 0.29) is 12.0 Å². The molecule has 2 heterocycles. The number of ether oxygens (including phenoxy) is 1. The van der Waals surface area contributed by atoms with Crippen LogP contribution in [0.25, 0.3) is 0 Å². The van der Waals surface area contributed by atoms with Crippen LogP contribution in [0.2, 0.25) is 0 Å². The third-order valence-electron chi connectivity index (χ3n) is 3.46. The second kappa shape index (κ2) is 8.87. The SMILES string of the molecule is CC(C)Oc1ccc(NC(=O)c2sccc2SCc2ccncc2)cc1. The van der Waals surface area contributed by atoms with Gasteiger partial charge in [-0.15, -0.1) is 23.1 Å². The molecule has 0 atom stereocenters. The summed E-state index contributed by atoms with van der Waals surface area (Å²) in [6, 6.07) is 13.4. The molecule has 0 saturated heterocycles. The van der Waals surface area contributed by atoms with Crippen LogP contribution in [0.4, 0.5) is 5.69 Å². The van der Waals surface area contributed by atoms with Gasteiger partial charge in [-0.05, 0) is 67.3 Å². The molecule has 0 aliphatic rings. The maximum absolute atomic E-state index is 12.6. The number of benzene rings is 1. The molecule has 0 unspecified atom stereocenters. The molecule has 0 radical (unpaired) electrons. The first-order valence-corrected chi connectivity index (χ1v) is 10.2. The zero-order chi connectivity index (χ0) is 18.4. The fourth-order valence-electron chi connectivity index (χ4n) is 2.29. The Hall–Kier alpha value is -2.31. The van der Waals surface area contributed by atoms with Crippen molar-refractivity contribution < 1.29 is 9.53 Å². The van der Waals surface area contributed by atoms with Gasteiger partial charge in [-0.25, -0.2) is 0 Å². The van der Waals surface area contributed by atoms with E-state index in [1.807, 2.05) is 61.7 Å². The highest BCUT2D eigenvalue weighted by molar-refractivity contribution is 7.98. The van der Waals surface area contributed by atoms with Gasteiger partial charge in [0, 0.05) is 28.7 Å². The van der Waals surface area contributed by atoms with E-state index in [0.717, 1.165) is 27.0 Å². The van der Waals surface area contributed by atoms with E-state index in [1.54, 1.807) is 24.2 Å². The van der Waals surface area contributed by atoms with E-state index in [4.69, 9.17) is 4.74 Å². The molecule has 0 spiro atoms. The second-order valence-electron chi connectivity index (χ2n) is 5.90. The molecule has 0 fully saturated rings. The first kappa shape index (κ1) is 18.5. The lowest BCUT2D eigenvalue weighted by atomic mass is 10.3. The largest absolute Gasteiger partial charge is 0.491 e. The van der Waals surface area contributed by atoms with Crippen molar-refractivity contribution in [3.8, 4) is 5.75 Å². The Morgan fingerprint density at radius 1 is 1.15 bits per heavy atom. The molecule has 0 saturated carbocycles. The predicted octanol–water partition coefficient (Wildman–Crippen LogP) is 5.47. The van der Waals surface area contributed by atoms with Crippen molar-refractivity contribution in [2.24, 2.45) is 0 Å². The van der Waals surface area contributed by atoms with Crippen molar-refractivity contribution in [1.82, 2.24) is 4.98 Å². The molecule has 2 aromatic heterocycles. The minimum absolute atomic E-state index is 0.0882. The molecular weight excluding hydrogens is 364 g/mol. The van der Waals surface area contributed by atoms with Crippen molar-refractivity contribution in [2.75, 3.05) is 5.32 Å². The Labute approximate surface area is 161 Å². The summed E-state index contributed by atoms with van der Waals surface area (Å²) in [5.74, 6) is 1.51. The molecular formula is C20H20N2O2S2. The average molecular weight is 385 g/mol. The van der Waals surface area contributed by atoms with Crippen molar-refractivity contribution in [3.05, 3.63) is 70.7 Å². The summed E-state index contributed by atoms with van der Waals surface area (Å²) in [5.41, 5.74) is 1.94. The van der Waals surface area contributed by atoms with Crippen LogP contribution in [0.1, 0.15) is 29.1 Å². The predicted molar refractivity (Wildman–Crippen MR) is 108 cm³/mol. The lowest BCUT2D eigenvalue weighted by Crippen LogP contribution is -2.11. The molecule has 0 bridgehead atoms. The van der Waals surface area contributed by atoms with E-state index >= 15 is 0 Å². The zero-order valence-electron chi connectivity index (χ0n) is 14.6. The van der Waals surface area contributed by atoms with Crippen LogP contribution in [-0.4, -0.2) is 17.0 Å². The Morgan fingerprint density at radius 2 is 1.88 bits per heavy atom. The molecule has 1 amide bonds. The van der Waals surface area contributed by atoms with Crippen LogP contribution in [-0.2, 0) is 5.75 Å². The molecule has 0 aliphatic heterocycles. The van der Waals surface area contributed by atoms with Crippen LogP contribution in [0.3, 0.4) is 0 Å². The summed E-state index contributed by atoms with van der Waals surface area (Å²) in [6.07, 6.45) is 3.69. The third kappa shape index (κ3) is 5.09. The highest BCUT2D eigenvalue weighted by atomic mass is 32.2. The van der Waals surface area contributed by atoms with Crippen molar-refractivity contribution >= 4 is 34.7 Å². The number of nitrogens with one attached hydrogen (secondary N) is 1. The average Bonchev–Trinajstić information content (AvgIpc) is 3.11. The number of hydrogen-bond donors (Lipinski definition) is 1. The van der Waals surface area contributed by atoms with E-state index < -0.39 is 0 Å². The monoisotopic (exact) mass is 384 g/mol. The molecule has 1 N–H and O–H groups in total. The van der Waals surface area contributed by atoms with Gasteiger partial charge in [-0.2, -0.15) is 0 Å². The van der Waals surface area contributed by atoms with Gasteiger partial charge in [0.05, 0.1) is 6.10 Å². The first-order valence-electron chi connectivity index (χ1n) is 8.29. The first-order chi connectivity index (χ1) is 12.6. The Balaban J connectivity index is 1.62. The second-order valence-corrected chi connectivity index (χ2v) is 7.84. The van der Waals surface area contributed by atoms with Crippen LogP contribution in [0, 0.1) is 0 Å². The lowest BCUT2D eigenvalue weighted by molar-refractivity contribution is 0.102. The molecule has 26 heavy (non-hydrogen) atoms. The Kier molecular flexibility index (Phi) is 6.30. The molecule has 134 valence electrons. The number of hydrogen-bond acceptors (Lipinski definition) is 5.